The molecule has 11 heteroatoms. The molecule has 0 bridgehead atoms. The number of alkyl halides is 3. The van der Waals surface area contributed by atoms with Crippen LogP contribution in [0.4, 0.5) is 22.0 Å². The minimum absolute atomic E-state index is 0.0701. The molecule has 1 heterocycles. The fourth-order valence-electron chi connectivity index (χ4n) is 3.21. The molecule has 0 spiro atoms. The van der Waals surface area contributed by atoms with E-state index in [9.17, 15) is 22.0 Å². The fourth-order valence-corrected chi connectivity index (χ4v) is 3.69. The summed E-state index contributed by atoms with van der Waals surface area (Å²) in [6.07, 6.45) is -4.66. The lowest BCUT2D eigenvalue weighted by Crippen LogP contribution is -2.06. The van der Waals surface area contributed by atoms with Crippen LogP contribution in [-0.2, 0) is 19.8 Å². The predicted molar refractivity (Wildman–Crippen MR) is 118 cm³/mol. The Hall–Kier alpha value is -3.17. The quantitative estimate of drug-likeness (QED) is 0.262. The van der Waals surface area contributed by atoms with Gasteiger partial charge in [0.15, 0.2) is 23.2 Å². The van der Waals surface area contributed by atoms with Gasteiger partial charge in [0, 0.05) is 23.2 Å². The Bertz CT molecular complexity index is 1350. The number of aryl methyl sites for hydroxylation is 1. The third-order valence-electron chi connectivity index (χ3n) is 4.90. The molecule has 0 saturated carbocycles. The highest BCUT2D eigenvalue weighted by Crippen LogP contribution is 2.33. The van der Waals surface area contributed by atoms with Crippen molar-refractivity contribution < 1.29 is 26.7 Å². The Morgan fingerprint density at radius 2 is 1.71 bits per heavy atom. The zero-order valence-corrected chi connectivity index (χ0v) is 18.8. The second-order valence-electron chi connectivity index (χ2n) is 7.22. The SMILES string of the molecule is Cn1nc(-c2c(F)cccc2Cl)nc1-c1ccc(COc2ccc(C(F)(F)F)cc2F)c(Cl)c1. The van der Waals surface area contributed by atoms with Gasteiger partial charge in [0.05, 0.1) is 16.1 Å². The highest BCUT2D eigenvalue weighted by atomic mass is 35.5. The van der Waals surface area contributed by atoms with Gasteiger partial charge in [0.1, 0.15) is 12.4 Å². The van der Waals surface area contributed by atoms with Crippen molar-refractivity contribution in [2.75, 3.05) is 0 Å². The average Bonchev–Trinajstić information content (AvgIpc) is 3.13. The Labute approximate surface area is 200 Å². The van der Waals surface area contributed by atoms with Crippen LogP contribution in [0.3, 0.4) is 0 Å². The van der Waals surface area contributed by atoms with Crippen molar-refractivity contribution in [1.82, 2.24) is 14.8 Å². The summed E-state index contributed by atoms with van der Waals surface area (Å²) in [7, 11) is 1.62. The van der Waals surface area contributed by atoms with Crippen molar-refractivity contribution in [3.63, 3.8) is 0 Å². The third kappa shape index (κ3) is 4.85. The number of benzene rings is 3. The summed E-state index contributed by atoms with van der Waals surface area (Å²) in [5.41, 5.74) is -0.0208. The lowest BCUT2D eigenvalue weighted by atomic mass is 10.1. The summed E-state index contributed by atoms with van der Waals surface area (Å²) >= 11 is 12.4. The standard InChI is InChI=1S/C23H14Cl2F5N3O/c1-33-22(31-21(32-33)20-15(24)3-2-4-17(20)26)12-5-6-13(16(25)9-12)11-34-19-8-7-14(10-18(19)27)23(28,29)30/h2-10H,11H2,1H3. The first-order valence-electron chi connectivity index (χ1n) is 9.68. The first-order valence-corrected chi connectivity index (χ1v) is 10.4. The highest BCUT2D eigenvalue weighted by Gasteiger charge is 2.31. The van der Waals surface area contributed by atoms with Crippen LogP contribution >= 0.6 is 23.2 Å². The number of ether oxygens (including phenoxy) is 1. The molecule has 0 aliphatic heterocycles. The van der Waals surface area contributed by atoms with Gasteiger partial charge >= 0.3 is 6.18 Å². The van der Waals surface area contributed by atoms with Gasteiger partial charge in [-0.3, -0.25) is 0 Å². The normalized spacial score (nSPS) is 11.6. The van der Waals surface area contributed by atoms with E-state index in [-0.39, 0.29) is 33.8 Å². The minimum Gasteiger partial charge on any atom is -0.486 e. The molecule has 0 radical (unpaired) electrons. The van der Waals surface area contributed by atoms with Gasteiger partial charge in [0.2, 0.25) is 0 Å². The van der Waals surface area contributed by atoms with Crippen LogP contribution < -0.4 is 4.74 Å². The van der Waals surface area contributed by atoms with Crippen molar-refractivity contribution in [2.45, 2.75) is 12.8 Å². The largest absolute Gasteiger partial charge is 0.486 e. The molecule has 0 N–H and O–H groups in total. The number of halogens is 7. The minimum atomic E-state index is -4.66. The second kappa shape index (κ2) is 9.23. The molecule has 0 saturated heterocycles. The van der Waals surface area contributed by atoms with Crippen LogP contribution in [0.25, 0.3) is 22.8 Å². The molecule has 4 rings (SSSR count). The molecule has 4 aromatic rings. The van der Waals surface area contributed by atoms with Crippen LogP contribution in [0.5, 0.6) is 5.75 Å². The van der Waals surface area contributed by atoms with E-state index in [4.69, 9.17) is 27.9 Å². The molecular formula is C23H14Cl2F5N3O. The number of rotatable bonds is 5. The summed E-state index contributed by atoms with van der Waals surface area (Å²) in [5, 5.41) is 4.65. The molecular weight excluding hydrogens is 500 g/mol. The summed E-state index contributed by atoms with van der Waals surface area (Å²) in [4.78, 5) is 4.37. The second-order valence-corrected chi connectivity index (χ2v) is 8.03. The van der Waals surface area contributed by atoms with E-state index < -0.39 is 23.4 Å². The monoisotopic (exact) mass is 513 g/mol. The van der Waals surface area contributed by atoms with Crippen molar-refractivity contribution in [1.29, 1.82) is 0 Å². The Balaban J connectivity index is 1.55. The van der Waals surface area contributed by atoms with Crippen molar-refractivity contribution in [2.24, 2.45) is 7.05 Å². The number of hydrogen-bond acceptors (Lipinski definition) is 3. The summed E-state index contributed by atoms with van der Waals surface area (Å²) in [6, 6.07) is 11.1. The molecule has 3 aromatic carbocycles. The third-order valence-corrected chi connectivity index (χ3v) is 5.57. The molecule has 0 unspecified atom stereocenters. The lowest BCUT2D eigenvalue weighted by molar-refractivity contribution is -0.137. The Morgan fingerprint density at radius 1 is 0.941 bits per heavy atom. The fraction of sp³-hybridized carbons (Fsp3) is 0.130. The Kier molecular flexibility index (Phi) is 6.51. The summed E-state index contributed by atoms with van der Waals surface area (Å²) in [5.74, 6) is -1.56. The van der Waals surface area contributed by atoms with E-state index >= 15 is 0 Å². The Morgan fingerprint density at radius 3 is 2.35 bits per heavy atom. The molecule has 0 atom stereocenters. The average molecular weight is 514 g/mol. The molecule has 4 nitrogen and oxygen atoms in total. The zero-order valence-electron chi connectivity index (χ0n) is 17.3. The van der Waals surface area contributed by atoms with Crippen LogP contribution in [0.2, 0.25) is 10.0 Å². The highest BCUT2D eigenvalue weighted by molar-refractivity contribution is 6.33. The summed E-state index contributed by atoms with van der Waals surface area (Å²) < 4.78 is 73.1. The van der Waals surface area contributed by atoms with Crippen LogP contribution in [0.1, 0.15) is 11.1 Å². The van der Waals surface area contributed by atoms with Gasteiger partial charge in [-0.25, -0.2) is 18.4 Å². The van der Waals surface area contributed by atoms with Gasteiger partial charge in [-0.05, 0) is 36.4 Å². The van der Waals surface area contributed by atoms with E-state index in [2.05, 4.69) is 10.1 Å². The van der Waals surface area contributed by atoms with Gasteiger partial charge in [0.25, 0.3) is 0 Å². The lowest BCUT2D eigenvalue weighted by Gasteiger charge is -2.12. The molecule has 34 heavy (non-hydrogen) atoms. The van der Waals surface area contributed by atoms with E-state index in [0.29, 0.717) is 23.0 Å². The molecule has 0 aliphatic carbocycles. The maximum Gasteiger partial charge on any atom is 0.416 e. The van der Waals surface area contributed by atoms with Crippen molar-refractivity contribution in [3.8, 4) is 28.5 Å². The van der Waals surface area contributed by atoms with E-state index in [1.807, 2.05) is 0 Å². The molecule has 1 aromatic heterocycles. The van der Waals surface area contributed by atoms with Crippen LogP contribution in [0.15, 0.2) is 54.6 Å². The van der Waals surface area contributed by atoms with Crippen molar-refractivity contribution in [3.05, 3.63) is 87.4 Å². The molecule has 0 amide bonds. The van der Waals surface area contributed by atoms with E-state index in [1.165, 1.54) is 22.9 Å². The number of aromatic nitrogens is 3. The first kappa shape index (κ1) is 24.0. The van der Waals surface area contributed by atoms with Gasteiger partial charge < -0.3 is 4.74 Å². The summed E-state index contributed by atoms with van der Waals surface area (Å²) in [6.45, 7) is -0.184. The molecule has 0 fully saturated rings. The maximum atomic E-state index is 14.2. The smallest absolute Gasteiger partial charge is 0.416 e. The maximum absolute atomic E-state index is 14.2. The van der Waals surface area contributed by atoms with Gasteiger partial charge in [-0.1, -0.05) is 41.4 Å². The predicted octanol–water partition coefficient (Wildman–Crippen LogP) is 7.33. The van der Waals surface area contributed by atoms with Crippen LogP contribution in [0, 0.1) is 11.6 Å². The topological polar surface area (TPSA) is 39.9 Å². The first-order chi connectivity index (χ1) is 16.0. The van der Waals surface area contributed by atoms with E-state index in [1.54, 1.807) is 25.2 Å². The van der Waals surface area contributed by atoms with Crippen LogP contribution in [-0.4, -0.2) is 14.8 Å². The molecule has 176 valence electrons. The van der Waals surface area contributed by atoms with Gasteiger partial charge in [-0.2, -0.15) is 18.3 Å². The van der Waals surface area contributed by atoms with Crippen molar-refractivity contribution >= 4 is 23.2 Å². The number of nitrogens with zero attached hydrogens (tertiary/aromatic N) is 3. The zero-order chi connectivity index (χ0) is 24.6. The number of hydrogen-bond donors (Lipinski definition) is 0. The molecule has 0 aliphatic rings. The van der Waals surface area contributed by atoms with E-state index in [0.717, 1.165) is 12.1 Å². The van der Waals surface area contributed by atoms with Gasteiger partial charge in [-0.15, -0.1) is 0 Å².